The van der Waals surface area contributed by atoms with Crippen LogP contribution in [0.2, 0.25) is 0 Å². The van der Waals surface area contributed by atoms with Gasteiger partial charge in [0.15, 0.2) is 5.82 Å². The van der Waals surface area contributed by atoms with Gasteiger partial charge in [-0.3, -0.25) is 9.59 Å². The molecular formula is C32H40N4O4. The second kappa shape index (κ2) is 14.6. The molecule has 2 atom stereocenters. The summed E-state index contributed by atoms with van der Waals surface area (Å²) < 4.78 is 5.87. The molecule has 0 saturated carbocycles. The van der Waals surface area contributed by atoms with Crippen LogP contribution < -0.4 is 10.1 Å². The van der Waals surface area contributed by atoms with Crippen LogP contribution in [0.15, 0.2) is 60.9 Å². The SMILES string of the molecule is CCCCCCCOc1ccc(-c2cnc(-c3ccc(C[C@H](NC)C(=O)N4CC[C@H](C(=O)O)C4)cc3)nc2)cc1. The van der Waals surface area contributed by atoms with Crippen LogP contribution in [0.4, 0.5) is 0 Å². The van der Waals surface area contributed by atoms with Crippen LogP contribution >= 0.6 is 0 Å². The average molecular weight is 545 g/mol. The van der Waals surface area contributed by atoms with Crippen LogP contribution in [0.25, 0.3) is 22.5 Å². The number of amides is 1. The zero-order valence-corrected chi connectivity index (χ0v) is 23.5. The number of nitrogens with one attached hydrogen (secondary N) is 1. The van der Waals surface area contributed by atoms with Crippen LogP contribution in [0.1, 0.15) is 51.0 Å². The highest BCUT2D eigenvalue weighted by Gasteiger charge is 2.33. The summed E-state index contributed by atoms with van der Waals surface area (Å²) in [6.45, 7) is 3.73. The molecule has 1 aromatic heterocycles. The highest BCUT2D eigenvalue weighted by atomic mass is 16.5. The third kappa shape index (κ3) is 7.88. The Hall–Kier alpha value is -3.78. The van der Waals surface area contributed by atoms with E-state index < -0.39 is 17.9 Å². The molecule has 1 fully saturated rings. The number of carbonyl (C=O) groups excluding carboxylic acids is 1. The molecule has 0 unspecified atom stereocenters. The molecule has 1 aliphatic rings. The smallest absolute Gasteiger partial charge is 0.308 e. The van der Waals surface area contributed by atoms with E-state index in [1.807, 2.05) is 60.9 Å². The maximum absolute atomic E-state index is 12.9. The fraction of sp³-hybridized carbons (Fsp3) is 0.438. The summed E-state index contributed by atoms with van der Waals surface area (Å²) in [5, 5.41) is 12.3. The fourth-order valence-corrected chi connectivity index (χ4v) is 4.99. The Morgan fingerprint density at radius 3 is 2.27 bits per heavy atom. The van der Waals surface area contributed by atoms with Crippen LogP contribution in [-0.4, -0.2) is 64.6 Å². The van der Waals surface area contributed by atoms with Crippen molar-refractivity contribution >= 4 is 11.9 Å². The van der Waals surface area contributed by atoms with Crippen molar-refractivity contribution < 1.29 is 19.4 Å². The Labute approximate surface area is 236 Å². The number of carbonyl (C=O) groups is 2. The van der Waals surface area contributed by atoms with Crippen molar-refractivity contribution in [1.82, 2.24) is 20.2 Å². The van der Waals surface area contributed by atoms with E-state index in [1.54, 1.807) is 11.9 Å². The van der Waals surface area contributed by atoms with Gasteiger partial charge in [0.05, 0.1) is 18.6 Å². The zero-order chi connectivity index (χ0) is 28.3. The van der Waals surface area contributed by atoms with Gasteiger partial charge >= 0.3 is 5.97 Å². The molecule has 0 aliphatic carbocycles. The number of likely N-dealkylation sites (N-methyl/N-ethyl adjacent to an activating group) is 1. The van der Waals surface area contributed by atoms with Gasteiger partial charge in [-0.05, 0) is 49.6 Å². The van der Waals surface area contributed by atoms with Crippen LogP contribution in [-0.2, 0) is 16.0 Å². The van der Waals surface area contributed by atoms with Crippen molar-refractivity contribution in [2.24, 2.45) is 5.92 Å². The summed E-state index contributed by atoms with van der Waals surface area (Å²) in [5.41, 5.74) is 3.88. The minimum atomic E-state index is -0.839. The van der Waals surface area contributed by atoms with Gasteiger partial charge in [0.2, 0.25) is 5.91 Å². The molecule has 1 aliphatic heterocycles. The summed E-state index contributed by atoms with van der Waals surface area (Å²) >= 11 is 0. The quantitative estimate of drug-likeness (QED) is 0.268. The molecule has 2 aromatic carbocycles. The first-order valence-corrected chi connectivity index (χ1v) is 14.3. The molecule has 212 valence electrons. The Bertz CT molecular complexity index is 1230. The number of hydrogen-bond acceptors (Lipinski definition) is 6. The van der Waals surface area contributed by atoms with Gasteiger partial charge in [0.25, 0.3) is 0 Å². The van der Waals surface area contributed by atoms with Crippen LogP contribution in [0.3, 0.4) is 0 Å². The summed E-state index contributed by atoms with van der Waals surface area (Å²) in [5.74, 6) is 0.139. The highest BCUT2D eigenvalue weighted by Crippen LogP contribution is 2.24. The standard InChI is InChI=1S/C32H40N4O4/c1-3-4-5-6-7-18-40-28-14-12-24(13-15-28)27-20-34-30(35-21-27)25-10-8-23(9-11-25)19-29(33-2)31(37)36-17-16-26(22-36)32(38)39/h8-15,20-21,26,29,33H,3-7,16-19,22H2,1-2H3,(H,38,39)/t26-,29-/m0/s1. The third-order valence-electron chi connectivity index (χ3n) is 7.50. The van der Waals surface area contributed by atoms with Crippen LogP contribution in [0.5, 0.6) is 5.75 Å². The third-order valence-corrected chi connectivity index (χ3v) is 7.50. The number of ether oxygens (including phenoxy) is 1. The van der Waals surface area contributed by atoms with Gasteiger partial charge in [-0.2, -0.15) is 0 Å². The van der Waals surface area contributed by atoms with E-state index in [0.29, 0.717) is 25.2 Å². The lowest BCUT2D eigenvalue weighted by Crippen LogP contribution is -2.45. The highest BCUT2D eigenvalue weighted by molar-refractivity contribution is 5.83. The Kier molecular flexibility index (Phi) is 10.6. The van der Waals surface area contributed by atoms with Crippen molar-refractivity contribution in [3.8, 4) is 28.3 Å². The maximum Gasteiger partial charge on any atom is 0.308 e. The number of aliphatic carboxylic acids is 1. The molecule has 3 aromatic rings. The first-order chi connectivity index (χ1) is 19.5. The molecule has 40 heavy (non-hydrogen) atoms. The van der Waals surface area contributed by atoms with Crippen molar-refractivity contribution in [2.45, 2.75) is 57.9 Å². The molecule has 2 heterocycles. The molecule has 1 saturated heterocycles. The minimum Gasteiger partial charge on any atom is -0.494 e. The summed E-state index contributed by atoms with van der Waals surface area (Å²) in [4.78, 5) is 35.0. The first kappa shape index (κ1) is 29.2. The monoisotopic (exact) mass is 544 g/mol. The second-order valence-electron chi connectivity index (χ2n) is 10.4. The van der Waals surface area contributed by atoms with Crippen LogP contribution in [0, 0.1) is 5.92 Å². The molecule has 8 heteroatoms. The minimum absolute atomic E-state index is 0.0590. The van der Waals surface area contributed by atoms with Gasteiger partial charge in [-0.1, -0.05) is 69.0 Å². The number of hydrogen-bond donors (Lipinski definition) is 2. The van der Waals surface area contributed by atoms with E-state index in [0.717, 1.165) is 41.0 Å². The van der Waals surface area contributed by atoms with Crippen molar-refractivity contribution in [2.75, 3.05) is 26.7 Å². The number of benzene rings is 2. The summed E-state index contributed by atoms with van der Waals surface area (Å²) in [6, 6.07) is 15.5. The number of likely N-dealkylation sites (tertiary alicyclic amines) is 1. The lowest BCUT2D eigenvalue weighted by Gasteiger charge is -2.23. The van der Waals surface area contributed by atoms with E-state index in [-0.39, 0.29) is 12.5 Å². The number of aromatic nitrogens is 2. The molecular weight excluding hydrogens is 504 g/mol. The van der Waals surface area contributed by atoms with E-state index in [9.17, 15) is 14.7 Å². The number of rotatable bonds is 14. The second-order valence-corrected chi connectivity index (χ2v) is 10.4. The van der Waals surface area contributed by atoms with E-state index in [1.165, 1.54) is 25.7 Å². The van der Waals surface area contributed by atoms with Gasteiger partial charge < -0.3 is 20.1 Å². The number of unbranched alkanes of at least 4 members (excludes halogenated alkanes) is 4. The van der Waals surface area contributed by atoms with Gasteiger partial charge in [0.1, 0.15) is 5.75 Å². The lowest BCUT2D eigenvalue weighted by molar-refractivity contribution is -0.141. The van der Waals surface area contributed by atoms with Gasteiger partial charge in [0, 0.05) is 36.6 Å². The van der Waals surface area contributed by atoms with Gasteiger partial charge in [-0.15, -0.1) is 0 Å². The average Bonchev–Trinajstić information content (AvgIpc) is 3.49. The summed E-state index contributed by atoms with van der Waals surface area (Å²) in [6.07, 6.45) is 10.8. The molecule has 0 spiro atoms. The van der Waals surface area contributed by atoms with Crippen molar-refractivity contribution in [1.29, 1.82) is 0 Å². The largest absolute Gasteiger partial charge is 0.494 e. The first-order valence-electron chi connectivity index (χ1n) is 14.3. The fourth-order valence-electron chi connectivity index (χ4n) is 4.99. The maximum atomic E-state index is 12.9. The molecule has 4 rings (SSSR count). The molecule has 2 N–H and O–H groups in total. The van der Waals surface area contributed by atoms with Crippen molar-refractivity contribution in [3.63, 3.8) is 0 Å². The lowest BCUT2D eigenvalue weighted by atomic mass is 10.0. The van der Waals surface area contributed by atoms with Gasteiger partial charge in [-0.25, -0.2) is 9.97 Å². The van der Waals surface area contributed by atoms with Crippen molar-refractivity contribution in [3.05, 3.63) is 66.5 Å². The Morgan fingerprint density at radius 2 is 1.65 bits per heavy atom. The number of carboxylic acids is 1. The normalized spacial score (nSPS) is 15.7. The molecule has 0 radical (unpaired) electrons. The summed E-state index contributed by atoms with van der Waals surface area (Å²) in [7, 11) is 1.76. The Balaban J connectivity index is 1.30. The molecule has 8 nitrogen and oxygen atoms in total. The number of carboxylic acid groups (broad SMARTS) is 1. The van der Waals surface area contributed by atoms with E-state index in [2.05, 4.69) is 22.2 Å². The number of nitrogens with zero attached hydrogens (tertiary/aromatic N) is 3. The molecule has 0 bridgehead atoms. The molecule has 1 amide bonds. The van der Waals surface area contributed by atoms with E-state index >= 15 is 0 Å². The zero-order valence-electron chi connectivity index (χ0n) is 23.5. The van der Waals surface area contributed by atoms with E-state index in [4.69, 9.17) is 4.74 Å². The predicted octanol–water partition coefficient (Wildman–Crippen LogP) is 5.22. The topological polar surface area (TPSA) is 105 Å². The Morgan fingerprint density at radius 1 is 0.975 bits per heavy atom. The predicted molar refractivity (Wildman–Crippen MR) is 156 cm³/mol.